The zero-order chi connectivity index (χ0) is 17.4. The number of nitrogens with one attached hydrogen (secondary N) is 1. The third kappa shape index (κ3) is 5.05. The van der Waals surface area contributed by atoms with E-state index in [1.165, 1.54) is 5.56 Å². The topological polar surface area (TPSA) is 39.7 Å². The standard InChI is InChI=1S/C19H24ClNO3/c1-4-24-17-7-6-15(11-16(17)20)13-21-10-9-14-5-8-18(22-2)19(12-14)23-3/h5-8,11-12,21H,4,9-10,13H2,1-3H3. The number of rotatable bonds is 9. The second-order valence-electron chi connectivity index (χ2n) is 5.31. The Morgan fingerprint density at radius 1 is 0.917 bits per heavy atom. The quantitative estimate of drug-likeness (QED) is 0.692. The Balaban J connectivity index is 1.83. The molecular weight excluding hydrogens is 326 g/mol. The van der Waals surface area contributed by atoms with Crippen molar-refractivity contribution in [2.75, 3.05) is 27.4 Å². The fraction of sp³-hybridized carbons (Fsp3) is 0.368. The predicted molar refractivity (Wildman–Crippen MR) is 97.6 cm³/mol. The van der Waals surface area contributed by atoms with Gasteiger partial charge in [-0.3, -0.25) is 0 Å². The summed E-state index contributed by atoms with van der Waals surface area (Å²) >= 11 is 6.20. The number of hydrogen-bond donors (Lipinski definition) is 1. The third-order valence-corrected chi connectivity index (χ3v) is 3.96. The van der Waals surface area contributed by atoms with E-state index in [4.69, 9.17) is 25.8 Å². The van der Waals surface area contributed by atoms with Crippen molar-refractivity contribution in [1.29, 1.82) is 0 Å². The highest BCUT2D eigenvalue weighted by Crippen LogP contribution is 2.28. The number of hydrogen-bond acceptors (Lipinski definition) is 4. The lowest BCUT2D eigenvalue weighted by Gasteiger charge is -2.11. The van der Waals surface area contributed by atoms with Crippen LogP contribution in [-0.4, -0.2) is 27.4 Å². The molecule has 0 bridgehead atoms. The average Bonchev–Trinajstić information content (AvgIpc) is 2.60. The molecule has 24 heavy (non-hydrogen) atoms. The molecule has 0 aromatic heterocycles. The Labute approximate surface area is 148 Å². The van der Waals surface area contributed by atoms with Gasteiger partial charge in [0, 0.05) is 6.54 Å². The number of methoxy groups -OCH3 is 2. The van der Waals surface area contributed by atoms with Crippen molar-refractivity contribution in [3.05, 3.63) is 52.5 Å². The van der Waals surface area contributed by atoms with Gasteiger partial charge in [-0.25, -0.2) is 0 Å². The minimum absolute atomic E-state index is 0.614. The summed E-state index contributed by atoms with van der Waals surface area (Å²) in [5.74, 6) is 2.24. The van der Waals surface area contributed by atoms with Gasteiger partial charge in [-0.1, -0.05) is 23.7 Å². The molecule has 2 aromatic carbocycles. The molecule has 0 aliphatic carbocycles. The van der Waals surface area contributed by atoms with E-state index in [0.29, 0.717) is 11.6 Å². The van der Waals surface area contributed by atoms with Crippen LogP contribution in [-0.2, 0) is 13.0 Å². The van der Waals surface area contributed by atoms with Crippen LogP contribution in [0.2, 0.25) is 5.02 Å². The van der Waals surface area contributed by atoms with Crippen molar-refractivity contribution < 1.29 is 14.2 Å². The normalized spacial score (nSPS) is 10.5. The van der Waals surface area contributed by atoms with Crippen molar-refractivity contribution in [2.45, 2.75) is 19.9 Å². The fourth-order valence-corrected chi connectivity index (χ4v) is 2.69. The van der Waals surface area contributed by atoms with E-state index >= 15 is 0 Å². The first kappa shape index (κ1) is 18.4. The Morgan fingerprint density at radius 2 is 1.62 bits per heavy atom. The van der Waals surface area contributed by atoms with Crippen LogP contribution in [0.25, 0.3) is 0 Å². The largest absolute Gasteiger partial charge is 0.493 e. The van der Waals surface area contributed by atoms with Crippen molar-refractivity contribution in [1.82, 2.24) is 5.32 Å². The number of benzene rings is 2. The van der Waals surface area contributed by atoms with Gasteiger partial charge in [0.1, 0.15) is 5.75 Å². The molecular formula is C19H24ClNO3. The van der Waals surface area contributed by atoms with Gasteiger partial charge >= 0.3 is 0 Å². The summed E-state index contributed by atoms with van der Waals surface area (Å²) in [5.41, 5.74) is 2.33. The highest BCUT2D eigenvalue weighted by Gasteiger charge is 2.05. The molecule has 0 unspecified atom stereocenters. The highest BCUT2D eigenvalue weighted by molar-refractivity contribution is 6.32. The van der Waals surface area contributed by atoms with Crippen molar-refractivity contribution in [2.24, 2.45) is 0 Å². The lowest BCUT2D eigenvalue weighted by Crippen LogP contribution is -2.16. The highest BCUT2D eigenvalue weighted by atomic mass is 35.5. The van der Waals surface area contributed by atoms with Gasteiger partial charge in [-0.2, -0.15) is 0 Å². The first-order chi connectivity index (χ1) is 11.7. The maximum Gasteiger partial charge on any atom is 0.160 e. The Hall–Kier alpha value is -1.91. The minimum atomic E-state index is 0.614. The zero-order valence-corrected chi connectivity index (χ0v) is 15.2. The molecule has 0 spiro atoms. The van der Waals surface area contributed by atoms with Crippen molar-refractivity contribution >= 4 is 11.6 Å². The van der Waals surface area contributed by atoms with Gasteiger partial charge < -0.3 is 19.5 Å². The second-order valence-corrected chi connectivity index (χ2v) is 5.72. The summed E-state index contributed by atoms with van der Waals surface area (Å²) in [7, 11) is 3.29. The molecule has 0 saturated carbocycles. The molecule has 0 atom stereocenters. The summed E-state index contributed by atoms with van der Waals surface area (Å²) in [4.78, 5) is 0. The third-order valence-electron chi connectivity index (χ3n) is 3.66. The van der Waals surface area contributed by atoms with Crippen LogP contribution in [0, 0.1) is 0 Å². The van der Waals surface area contributed by atoms with Gasteiger partial charge in [0.05, 0.1) is 25.8 Å². The fourth-order valence-electron chi connectivity index (χ4n) is 2.43. The first-order valence-corrected chi connectivity index (χ1v) is 8.38. The molecule has 0 aliphatic heterocycles. The Bertz CT molecular complexity index is 661. The predicted octanol–water partition coefficient (Wildman–Crippen LogP) is 4.09. The van der Waals surface area contributed by atoms with E-state index < -0.39 is 0 Å². The van der Waals surface area contributed by atoms with Crippen molar-refractivity contribution in [3.63, 3.8) is 0 Å². The van der Waals surface area contributed by atoms with Gasteiger partial charge in [-0.15, -0.1) is 0 Å². The Morgan fingerprint density at radius 3 is 2.29 bits per heavy atom. The van der Waals surface area contributed by atoms with Crippen LogP contribution in [0.15, 0.2) is 36.4 Å². The van der Waals surface area contributed by atoms with Gasteiger partial charge in [-0.05, 0) is 55.3 Å². The second kappa shape index (κ2) is 9.40. The van der Waals surface area contributed by atoms with Crippen LogP contribution in [0.3, 0.4) is 0 Å². The molecule has 5 heteroatoms. The molecule has 0 radical (unpaired) electrons. The van der Waals surface area contributed by atoms with Gasteiger partial charge in [0.25, 0.3) is 0 Å². The van der Waals surface area contributed by atoms with Crippen LogP contribution >= 0.6 is 11.6 Å². The summed E-state index contributed by atoms with van der Waals surface area (Å²) in [6.07, 6.45) is 0.908. The summed E-state index contributed by atoms with van der Waals surface area (Å²) in [6, 6.07) is 11.9. The molecule has 1 N–H and O–H groups in total. The van der Waals surface area contributed by atoms with E-state index in [1.807, 2.05) is 37.3 Å². The smallest absolute Gasteiger partial charge is 0.160 e. The van der Waals surface area contributed by atoms with E-state index in [9.17, 15) is 0 Å². The van der Waals surface area contributed by atoms with E-state index in [2.05, 4.69) is 11.4 Å². The number of halogens is 1. The zero-order valence-electron chi connectivity index (χ0n) is 14.4. The van der Waals surface area contributed by atoms with E-state index in [-0.39, 0.29) is 0 Å². The van der Waals surface area contributed by atoms with Crippen LogP contribution in [0.5, 0.6) is 17.2 Å². The summed E-state index contributed by atoms with van der Waals surface area (Å²) in [5, 5.41) is 4.07. The molecule has 0 amide bonds. The maximum absolute atomic E-state index is 6.20. The summed E-state index contributed by atoms with van der Waals surface area (Å²) < 4.78 is 16.0. The van der Waals surface area contributed by atoms with E-state index in [1.54, 1.807) is 14.2 Å². The SMILES string of the molecule is CCOc1ccc(CNCCc2ccc(OC)c(OC)c2)cc1Cl. The molecule has 0 aliphatic rings. The van der Waals surface area contributed by atoms with Crippen LogP contribution in [0.4, 0.5) is 0 Å². The molecule has 0 heterocycles. The maximum atomic E-state index is 6.20. The molecule has 2 aromatic rings. The Kier molecular flexibility index (Phi) is 7.22. The lowest BCUT2D eigenvalue weighted by atomic mass is 10.1. The lowest BCUT2D eigenvalue weighted by molar-refractivity contribution is 0.340. The van der Waals surface area contributed by atoms with Crippen molar-refractivity contribution in [3.8, 4) is 17.2 Å². The monoisotopic (exact) mass is 349 g/mol. The van der Waals surface area contributed by atoms with Crippen LogP contribution in [0.1, 0.15) is 18.1 Å². The molecule has 0 fully saturated rings. The minimum Gasteiger partial charge on any atom is -0.493 e. The van der Waals surface area contributed by atoms with E-state index in [0.717, 1.165) is 42.3 Å². The van der Waals surface area contributed by atoms with Crippen LogP contribution < -0.4 is 19.5 Å². The molecule has 0 saturated heterocycles. The summed E-state index contributed by atoms with van der Waals surface area (Å²) in [6.45, 7) is 4.18. The van der Waals surface area contributed by atoms with Gasteiger partial charge in [0.15, 0.2) is 11.5 Å². The molecule has 2 rings (SSSR count). The first-order valence-electron chi connectivity index (χ1n) is 8.00. The van der Waals surface area contributed by atoms with Gasteiger partial charge in [0.2, 0.25) is 0 Å². The number of ether oxygens (including phenoxy) is 3. The average molecular weight is 350 g/mol. The molecule has 130 valence electrons. The molecule has 4 nitrogen and oxygen atoms in total.